The molecule has 0 aliphatic rings. The standard InChI is InChI=1S/C15H18N2O2S2/c1-17(2)21(18,19)15-8-5-6-13(10-15)11-20-12-14-7-3-4-9-16-14/h3-10H,11-12H2,1-2H3. The molecule has 0 saturated carbocycles. The minimum absolute atomic E-state index is 0.337. The summed E-state index contributed by atoms with van der Waals surface area (Å²) in [6.45, 7) is 0. The number of nitrogens with zero attached hydrogens (tertiary/aromatic N) is 2. The van der Waals surface area contributed by atoms with Gasteiger partial charge in [0.1, 0.15) is 0 Å². The van der Waals surface area contributed by atoms with Gasteiger partial charge in [-0.1, -0.05) is 18.2 Å². The molecule has 0 radical (unpaired) electrons. The number of sulfonamides is 1. The van der Waals surface area contributed by atoms with Crippen LogP contribution < -0.4 is 0 Å². The number of thioether (sulfide) groups is 1. The van der Waals surface area contributed by atoms with Crippen molar-refractivity contribution in [2.24, 2.45) is 0 Å². The second-order valence-electron chi connectivity index (χ2n) is 4.75. The normalized spacial score (nSPS) is 11.8. The summed E-state index contributed by atoms with van der Waals surface area (Å²) in [5.74, 6) is 1.57. The highest BCUT2D eigenvalue weighted by molar-refractivity contribution is 7.97. The Kier molecular flexibility index (Phi) is 5.39. The van der Waals surface area contributed by atoms with Crippen molar-refractivity contribution in [2.75, 3.05) is 14.1 Å². The Balaban J connectivity index is 2.02. The summed E-state index contributed by atoms with van der Waals surface area (Å²) in [5.41, 5.74) is 2.03. The molecule has 0 fully saturated rings. The predicted molar refractivity (Wildman–Crippen MR) is 86.6 cm³/mol. The van der Waals surface area contributed by atoms with Gasteiger partial charge in [-0.05, 0) is 29.8 Å². The van der Waals surface area contributed by atoms with Gasteiger partial charge in [0.05, 0.1) is 10.6 Å². The van der Waals surface area contributed by atoms with Crippen molar-refractivity contribution in [2.45, 2.75) is 16.4 Å². The molecule has 0 atom stereocenters. The molecule has 0 aliphatic heterocycles. The van der Waals surface area contributed by atoms with Crippen molar-refractivity contribution in [3.63, 3.8) is 0 Å². The Morgan fingerprint density at radius 1 is 1.10 bits per heavy atom. The Bertz CT molecular complexity index is 686. The first-order valence-electron chi connectivity index (χ1n) is 6.49. The van der Waals surface area contributed by atoms with E-state index in [1.807, 2.05) is 24.3 Å². The summed E-state index contributed by atoms with van der Waals surface area (Å²) in [6, 6.07) is 12.9. The van der Waals surface area contributed by atoms with Crippen LogP contribution in [0.2, 0.25) is 0 Å². The Labute approximate surface area is 130 Å². The van der Waals surface area contributed by atoms with Crippen molar-refractivity contribution in [1.82, 2.24) is 9.29 Å². The van der Waals surface area contributed by atoms with Gasteiger partial charge in [-0.15, -0.1) is 0 Å². The number of pyridine rings is 1. The van der Waals surface area contributed by atoms with Crippen LogP contribution in [0, 0.1) is 0 Å². The van der Waals surface area contributed by atoms with Crippen LogP contribution in [-0.4, -0.2) is 31.8 Å². The van der Waals surface area contributed by atoms with E-state index < -0.39 is 10.0 Å². The molecule has 0 aliphatic carbocycles. The van der Waals surface area contributed by atoms with Gasteiger partial charge in [0, 0.05) is 31.8 Å². The lowest BCUT2D eigenvalue weighted by molar-refractivity contribution is 0.520. The van der Waals surface area contributed by atoms with Crippen molar-refractivity contribution in [3.05, 3.63) is 59.9 Å². The lowest BCUT2D eigenvalue weighted by Gasteiger charge is -2.12. The number of rotatable bonds is 6. The van der Waals surface area contributed by atoms with Gasteiger partial charge in [-0.25, -0.2) is 12.7 Å². The summed E-state index contributed by atoms with van der Waals surface area (Å²) >= 11 is 1.72. The van der Waals surface area contributed by atoms with Crippen molar-refractivity contribution < 1.29 is 8.42 Å². The SMILES string of the molecule is CN(C)S(=O)(=O)c1cccc(CSCc2ccccn2)c1. The van der Waals surface area contributed by atoms with Crippen LogP contribution in [0.15, 0.2) is 53.6 Å². The Morgan fingerprint density at radius 2 is 1.90 bits per heavy atom. The van der Waals surface area contributed by atoms with Gasteiger partial charge < -0.3 is 0 Å². The third kappa shape index (κ3) is 4.30. The summed E-state index contributed by atoms with van der Waals surface area (Å²) in [5, 5.41) is 0. The van der Waals surface area contributed by atoms with Crippen LogP contribution in [0.25, 0.3) is 0 Å². The highest BCUT2D eigenvalue weighted by Gasteiger charge is 2.16. The maximum Gasteiger partial charge on any atom is 0.242 e. The average molecular weight is 322 g/mol. The molecule has 112 valence electrons. The topological polar surface area (TPSA) is 50.3 Å². The fraction of sp³-hybridized carbons (Fsp3) is 0.267. The van der Waals surface area contributed by atoms with Gasteiger partial charge in [-0.3, -0.25) is 4.98 Å². The third-order valence-electron chi connectivity index (χ3n) is 2.92. The molecule has 0 bridgehead atoms. The van der Waals surface area contributed by atoms with Gasteiger partial charge >= 0.3 is 0 Å². The first-order chi connectivity index (χ1) is 10.00. The van der Waals surface area contributed by atoms with Gasteiger partial charge in [0.15, 0.2) is 0 Å². The zero-order valence-electron chi connectivity index (χ0n) is 12.1. The third-order valence-corrected chi connectivity index (χ3v) is 5.77. The zero-order valence-corrected chi connectivity index (χ0v) is 13.7. The van der Waals surface area contributed by atoms with Crippen LogP contribution in [0.4, 0.5) is 0 Å². The molecular formula is C15H18N2O2S2. The monoisotopic (exact) mass is 322 g/mol. The molecular weight excluding hydrogens is 304 g/mol. The van der Waals surface area contributed by atoms with Crippen LogP contribution in [0.1, 0.15) is 11.3 Å². The minimum atomic E-state index is -3.36. The summed E-state index contributed by atoms with van der Waals surface area (Å²) in [4.78, 5) is 4.60. The quantitative estimate of drug-likeness (QED) is 0.820. The molecule has 4 nitrogen and oxygen atoms in total. The van der Waals surface area contributed by atoms with Gasteiger partial charge in [0.25, 0.3) is 0 Å². The first kappa shape index (κ1) is 16.0. The highest BCUT2D eigenvalue weighted by Crippen LogP contribution is 2.20. The Hall–Kier alpha value is -1.37. The van der Waals surface area contributed by atoms with Crippen molar-refractivity contribution in [3.8, 4) is 0 Å². The molecule has 2 rings (SSSR count). The maximum atomic E-state index is 12.1. The first-order valence-corrected chi connectivity index (χ1v) is 9.09. The average Bonchev–Trinajstić information content (AvgIpc) is 2.48. The van der Waals surface area contributed by atoms with E-state index >= 15 is 0 Å². The minimum Gasteiger partial charge on any atom is -0.260 e. The molecule has 6 heteroatoms. The summed E-state index contributed by atoms with van der Waals surface area (Å²) in [6.07, 6.45) is 1.78. The molecule has 0 spiro atoms. The fourth-order valence-corrected chi connectivity index (χ4v) is 3.63. The number of hydrogen-bond acceptors (Lipinski definition) is 4. The fourth-order valence-electron chi connectivity index (χ4n) is 1.76. The van der Waals surface area contributed by atoms with E-state index in [9.17, 15) is 8.42 Å². The van der Waals surface area contributed by atoms with E-state index in [0.29, 0.717) is 4.90 Å². The van der Waals surface area contributed by atoms with E-state index in [1.54, 1.807) is 36.2 Å². The van der Waals surface area contributed by atoms with Gasteiger partial charge in [-0.2, -0.15) is 11.8 Å². The van der Waals surface area contributed by atoms with Crippen LogP contribution >= 0.6 is 11.8 Å². The Morgan fingerprint density at radius 3 is 2.57 bits per heavy atom. The lowest BCUT2D eigenvalue weighted by Crippen LogP contribution is -2.22. The molecule has 21 heavy (non-hydrogen) atoms. The van der Waals surface area contributed by atoms with E-state index in [-0.39, 0.29) is 0 Å². The molecule has 1 aromatic carbocycles. The van der Waals surface area contributed by atoms with Crippen molar-refractivity contribution >= 4 is 21.8 Å². The van der Waals surface area contributed by atoms with E-state index in [2.05, 4.69) is 4.98 Å². The zero-order chi connectivity index (χ0) is 15.3. The molecule has 0 unspecified atom stereocenters. The van der Waals surface area contributed by atoms with E-state index in [1.165, 1.54) is 18.4 Å². The van der Waals surface area contributed by atoms with E-state index in [4.69, 9.17) is 0 Å². The predicted octanol–water partition coefficient (Wildman–Crippen LogP) is 2.77. The highest BCUT2D eigenvalue weighted by atomic mass is 32.2. The number of benzene rings is 1. The smallest absolute Gasteiger partial charge is 0.242 e. The second-order valence-corrected chi connectivity index (χ2v) is 7.89. The molecule has 1 heterocycles. The largest absolute Gasteiger partial charge is 0.260 e. The maximum absolute atomic E-state index is 12.1. The van der Waals surface area contributed by atoms with Crippen LogP contribution in [-0.2, 0) is 21.5 Å². The van der Waals surface area contributed by atoms with Crippen molar-refractivity contribution in [1.29, 1.82) is 0 Å². The van der Waals surface area contributed by atoms with E-state index in [0.717, 1.165) is 22.8 Å². The van der Waals surface area contributed by atoms with Gasteiger partial charge in [0.2, 0.25) is 10.0 Å². The molecule has 1 aromatic heterocycles. The molecule has 0 amide bonds. The lowest BCUT2D eigenvalue weighted by atomic mass is 10.2. The van der Waals surface area contributed by atoms with Crippen LogP contribution in [0.3, 0.4) is 0 Å². The number of hydrogen-bond donors (Lipinski definition) is 0. The number of aromatic nitrogens is 1. The second kappa shape index (κ2) is 7.06. The molecule has 0 saturated heterocycles. The molecule has 0 N–H and O–H groups in total. The molecule has 2 aromatic rings. The summed E-state index contributed by atoms with van der Waals surface area (Å²) < 4.78 is 25.4. The summed E-state index contributed by atoms with van der Waals surface area (Å²) in [7, 11) is -0.286. The van der Waals surface area contributed by atoms with Crippen LogP contribution in [0.5, 0.6) is 0 Å².